The number of hydrogen-bond acceptors (Lipinski definition) is 8. The molecule has 0 atom stereocenters. The molecule has 1 saturated heterocycles. The predicted octanol–water partition coefficient (Wildman–Crippen LogP) is 2.29. The van der Waals surface area contributed by atoms with Gasteiger partial charge in [-0.05, 0) is 18.2 Å². The van der Waals surface area contributed by atoms with Crippen molar-refractivity contribution in [2.45, 2.75) is 11.1 Å². The van der Waals surface area contributed by atoms with Crippen LogP contribution in [-0.2, 0) is 20.9 Å². The van der Waals surface area contributed by atoms with E-state index in [0.717, 1.165) is 12.3 Å². The highest BCUT2D eigenvalue weighted by molar-refractivity contribution is 7.89. The Morgan fingerprint density at radius 3 is 2.27 bits per heavy atom. The number of primary sulfonamides is 1. The minimum Gasteiger partial charge on any atom is -0.384 e. The summed E-state index contributed by atoms with van der Waals surface area (Å²) in [4.78, 5) is 14.1. The molecule has 9 nitrogen and oxygen atoms in total. The van der Waals surface area contributed by atoms with Gasteiger partial charge in [0.05, 0.1) is 35.1 Å². The molecule has 0 spiro atoms. The lowest BCUT2D eigenvalue weighted by Gasteiger charge is -2.27. The molecule has 174 valence electrons. The maximum absolute atomic E-state index is 13.8. The van der Waals surface area contributed by atoms with Crippen molar-refractivity contribution in [2.24, 2.45) is 5.14 Å². The van der Waals surface area contributed by atoms with Crippen LogP contribution >= 0.6 is 0 Å². The molecule has 0 amide bonds. The molecule has 4 rings (SSSR count). The molecule has 0 saturated carbocycles. The van der Waals surface area contributed by atoms with Gasteiger partial charge in [-0.2, -0.15) is 13.2 Å². The van der Waals surface area contributed by atoms with Crippen LogP contribution in [0.2, 0.25) is 0 Å². The number of pyridine rings is 1. The molecule has 0 radical (unpaired) electrons. The van der Waals surface area contributed by atoms with Crippen molar-refractivity contribution in [3.05, 3.63) is 48.2 Å². The van der Waals surface area contributed by atoms with Crippen molar-refractivity contribution < 1.29 is 26.3 Å². The summed E-state index contributed by atoms with van der Waals surface area (Å²) in [5.74, 6) is -0.173. The molecule has 0 unspecified atom stereocenters. The number of nitrogen functional groups attached to an aromatic ring is 1. The van der Waals surface area contributed by atoms with Gasteiger partial charge in [0, 0.05) is 30.4 Å². The fourth-order valence-electron chi connectivity index (χ4n) is 3.45. The minimum atomic E-state index is -4.73. The van der Waals surface area contributed by atoms with E-state index >= 15 is 0 Å². The molecule has 3 aromatic rings. The maximum Gasteiger partial charge on any atom is 0.417 e. The third-order valence-corrected chi connectivity index (χ3v) is 5.95. The Morgan fingerprint density at radius 1 is 1.00 bits per heavy atom. The average molecular weight is 480 g/mol. The largest absolute Gasteiger partial charge is 0.417 e. The highest BCUT2D eigenvalue weighted by atomic mass is 32.2. The molecular formula is C20H19F3N6O3S. The Labute approximate surface area is 187 Å². The Balaban J connectivity index is 1.98. The summed E-state index contributed by atoms with van der Waals surface area (Å²) in [6.45, 7) is 1.58. The van der Waals surface area contributed by atoms with E-state index in [1.807, 2.05) is 0 Å². The SMILES string of the molecule is Nc1cc(C(F)(F)F)c(-c2cc(-c3ccccc3S(N)(=O)=O)nc(N3CCOCC3)n2)cn1. The Morgan fingerprint density at radius 2 is 1.64 bits per heavy atom. The van der Waals surface area contributed by atoms with Gasteiger partial charge in [-0.25, -0.2) is 28.5 Å². The fraction of sp³-hybridized carbons (Fsp3) is 0.250. The summed E-state index contributed by atoms with van der Waals surface area (Å²) < 4.78 is 70.9. The summed E-state index contributed by atoms with van der Waals surface area (Å²) in [5, 5.41) is 5.35. The Kier molecular flexibility index (Phi) is 5.95. The third-order valence-electron chi connectivity index (χ3n) is 4.98. The first-order chi connectivity index (χ1) is 15.5. The number of alkyl halides is 3. The van der Waals surface area contributed by atoms with Gasteiger partial charge >= 0.3 is 6.18 Å². The molecule has 13 heteroatoms. The zero-order chi connectivity index (χ0) is 23.8. The smallest absolute Gasteiger partial charge is 0.384 e. The van der Waals surface area contributed by atoms with Crippen molar-refractivity contribution in [1.82, 2.24) is 15.0 Å². The number of sulfonamides is 1. The van der Waals surface area contributed by atoms with E-state index in [0.29, 0.717) is 26.3 Å². The Bertz CT molecular complexity index is 1290. The second-order valence-corrected chi connectivity index (χ2v) is 8.76. The van der Waals surface area contributed by atoms with Crippen LogP contribution in [0.3, 0.4) is 0 Å². The zero-order valence-electron chi connectivity index (χ0n) is 17.1. The third kappa shape index (κ3) is 4.89. The topological polar surface area (TPSA) is 137 Å². The van der Waals surface area contributed by atoms with E-state index in [2.05, 4.69) is 15.0 Å². The van der Waals surface area contributed by atoms with E-state index < -0.39 is 21.8 Å². The molecule has 1 fully saturated rings. The summed E-state index contributed by atoms with van der Waals surface area (Å²) in [7, 11) is -4.14. The lowest BCUT2D eigenvalue weighted by Crippen LogP contribution is -2.37. The van der Waals surface area contributed by atoms with Crippen LogP contribution in [0.25, 0.3) is 22.5 Å². The van der Waals surface area contributed by atoms with Crippen LogP contribution in [-0.4, -0.2) is 49.7 Å². The summed E-state index contributed by atoms with van der Waals surface area (Å²) >= 11 is 0. The average Bonchev–Trinajstić information content (AvgIpc) is 2.78. The van der Waals surface area contributed by atoms with E-state index in [-0.39, 0.29) is 39.2 Å². The fourth-order valence-corrected chi connectivity index (χ4v) is 4.20. The zero-order valence-corrected chi connectivity index (χ0v) is 17.9. The Hall–Kier alpha value is -3.29. The number of morpholine rings is 1. The monoisotopic (exact) mass is 480 g/mol. The number of rotatable bonds is 4. The van der Waals surface area contributed by atoms with Crippen molar-refractivity contribution in [3.63, 3.8) is 0 Å². The molecule has 1 aliphatic rings. The first-order valence-electron chi connectivity index (χ1n) is 9.71. The lowest BCUT2D eigenvalue weighted by molar-refractivity contribution is -0.137. The van der Waals surface area contributed by atoms with Gasteiger partial charge in [0.15, 0.2) is 0 Å². The number of nitrogens with zero attached hydrogens (tertiary/aromatic N) is 4. The molecule has 33 heavy (non-hydrogen) atoms. The van der Waals surface area contributed by atoms with Gasteiger partial charge in [-0.15, -0.1) is 0 Å². The summed E-state index contributed by atoms with van der Waals surface area (Å²) in [5.41, 5.74) is 4.29. The van der Waals surface area contributed by atoms with Gasteiger partial charge in [-0.3, -0.25) is 0 Å². The van der Waals surface area contributed by atoms with Crippen molar-refractivity contribution in [1.29, 1.82) is 0 Å². The molecule has 1 aromatic carbocycles. The van der Waals surface area contributed by atoms with Crippen molar-refractivity contribution >= 4 is 21.8 Å². The standard InChI is InChI=1S/C20H19F3N6O3S/c21-20(22,23)14-9-18(24)26-11-13(14)16-10-15(12-3-1-2-4-17(12)33(25,30)31)27-19(28-16)29-5-7-32-8-6-29/h1-4,9-11H,5-8H2,(H2,24,26)(H2,25,30,31). The van der Waals surface area contributed by atoms with Gasteiger partial charge in [0.1, 0.15) is 5.82 Å². The molecule has 0 aliphatic carbocycles. The normalized spacial score (nSPS) is 15.0. The molecule has 4 N–H and O–H groups in total. The number of halogens is 3. The predicted molar refractivity (Wildman–Crippen MR) is 115 cm³/mol. The van der Waals surface area contributed by atoms with Crippen LogP contribution in [0.4, 0.5) is 24.9 Å². The van der Waals surface area contributed by atoms with Crippen LogP contribution < -0.4 is 15.8 Å². The first kappa shape index (κ1) is 22.9. The number of benzene rings is 1. The second kappa shape index (κ2) is 8.57. The van der Waals surface area contributed by atoms with Crippen molar-refractivity contribution in [3.8, 4) is 22.5 Å². The van der Waals surface area contributed by atoms with E-state index in [4.69, 9.17) is 15.6 Å². The first-order valence-corrected chi connectivity index (χ1v) is 11.3. The van der Waals surface area contributed by atoms with Gasteiger partial charge in [0.2, 0.25) is 16.0 Å². The second-order valence-electron chi connectivity index (χ2n) is 7.23. The maximum atomic E-state index is 13.8. The van der Waals surface area contributed by atoms with Crippen LogP contribution in [0.15, 0.2) is 47.5 Å². The number of aromatic nitrogens is 3. The molecule has 3 heterocycles. The van der Waals surface area contributed by atoms with Gasteiger partial charge < -0.3 is 15.4 Å². The highest BCUT2D eigenvalue weighted by Crippen LogP contribution is 2.38. The number of ether oxygens (including phenoxy) is 1. The van der Waals surface area contributed by atoms with Gasteiger partial charge in [-0.1, -0.05) is 18.2 Å². The van der Waals surface area contributed by atoms with E-state index in [1.54, 1.807) is 11.0 Å². The molecule has 2 aromatic heterocycles. The lowest BCUT2D eigenvalue weighted by atomic mass is 10.0. The number of anilines is 2. The minimum absolute atomic E-state index is 0.0921. The quantitative estimate of drug-likeness (QED) is 0.580. The molecule has 0 bridgehead atoms. The summed E-state index contributed by atoms with van der Waals surface area (Å²) in [6, 6.07) is 7.83. The van der Waals surface area contributed by atoms with E-state index in [1.165, 1.54) is 24.3 Å². The van der Waals surface area contributed by atoms with Crippen LogP contribution in [0.1, 0.15) is 5.56 Å². The number of hydrogen-bond donors (Lipinski definition) is 2. The molecular weight excluding hydrogens is 461 g/mol. The summed E-state index contributed by atoms with van der Waals surface area (Å²) in [6.07, 6.45) is -3.74. The van der Waals surface area contributed by atoms with E-state index in [9.17, 15) is 21.6 Å². The van der Waals surface area contributed by atoms with Gasteiger partial charge in [0.25, 0.3) is 0 Å². The molecule has 1 aliphatic heterocycles. The van der Waals surface area contributed by atoms with Crippen LogP contribution in [0, 0.1) is 0 Å². The number of nitrogens with two attached hydrogens (primary N) is 2. The highest BCUT2D eigenvalue weighted by Gasteiger charge is 2.35. The van der Waals surface area contributed by atoms with Crippen molar-refractivity contribution in [2.75, 3.05) is 36.9 Å². The van der Waals surface area contributed by atoms with Crippen LogP contribution in [0.5, 0.6) is 0 Å².